The van der Waals surface area contributed by atoms with E-state index in [1.807, 2.05) is 0 Å². The van der Waals surface area contributed by atoms with Crippen LogP contribution in [0.2, 0.25) is 5.15 Å². The van der Waals surface area contributed by atoms with Crippen LogP contribution in [0.1, 0.15) is 5.56 Å². The molecule has 0 aliphatic rings. The summed E-state index contributed by atoms with van der Waals surface area (Å²) >= 11 is 5.69. The van der Waals surface area contributed by atoms with Gasteiger partial charge in [-0.15, -0.1) is 0 Å². The number of methoxy groups -OCH3 is 1. The molecule has 2 aromatic rings. The average molecular weight is 314 g/mol. The van der Waals surface area contributed by atoms with Gasteiger partial charge < -0.3 is 4.74 Å². The molecule has 2 rings (SSSR count). The highest BCUT2D eigenvalue weighted by Gasteiger charge is 2.20. The van der Waals surface area contributed by atoms with Gasteiger partial charge in [-0.3, -0.25) is 4.72 Å². The molecule has 20 heavy (non-hydrogen) atoms. The third-order valence-electron chi connectivity index (χ3n) is 2.48. The summed E-state index contributed by atoms with van der Waals surface area (Å²) in [6.45, 7) is 1.79. The van der Waals surface area contributed by atoms with Crippen molar-refractivity contribution >= 4 is 27.4 Å². The van der Waals surface area contributed by atoms with Crippen LogP contribution in [0.4, 0.5) is 5.82 Å². The van der Waals surface area contributed by atoms with Crippen LogP contribution in [-0.2, 0) is 10.0 Å². The number of halogens is 1. The Bertz CT molecular complexity index is 734. The molecule has 1 aromatic heterocycles. The minimum atomic E-state index is -3.82. The lowest BCUT2D eigenvalue weighted by molar-refractivity contribution is 0.402. The number of sulfonamides is 1. The summed E-state index contributed by atoms with van der Waals surface area (Å²) in [6, 6.07) is 6.20. The summed E-state index contributed by atoms with van der Waals surface area (Å²) in [5, 5.41) is 0.147. The number of anilines is 1. The molecule has 0 fully saturated rings. The summed E-state index contributed by atoms with van der Waals surface area (Å²) in [7, 11) is -2.41. The zero-order valence-corrected chi connectivity index (χ0v) is 12.4. The number of nitrogens with one attached hydrogen (secondary N) is 1. The van der Waals surface area contributed by atoms with E-state index in [-0.39, 0.29) is 21.6 Å². The van der Waals surface area contributed by atoms with Gasteiger partial charge in [0.05, 0.1) is 7.11 Å². The van der Waals surface area contributed by atoms with Gasteiger partial charge in [0.2, 0.25) is 0 Å². The van der Waals surface area contributed by atoms with Gasteiger partial charge >= 0.3 is 0 Å². The number of hydrogen-bond acceptors (Lipinski definition) is 5. The Morgan fingerprint density at radius 3 is 2.65 bits per heavy atom. The third-order valence-corrected chi connectivity index (χ3v) is 4.06. The second-order valence-electron chi connectivity index (χ2n) is 3.99. The van der Waals surface area contributed by atoms with Crippen molar-refractivity contribution in [2.45, 2.75) is 11.8 Å². The lowest BCUT2D eigenvalue weighted by Crippen LogP contribution is -2.15. The molecule has 1 N–H and O–H groups in total. The van der Waals surface area contributed by atoms with Crippen LogP contribution >= 0.6 is 11.6 Å². The van der Waals surface area contributed by atoms with Crippen LogP contribution in [0.5, 0.6) is 5.75 Å². The molecule has 0 unspecified atom stereocenters. The molecule has 0 aliphatic heterocycles. The minimum absolute atomic E-state index is 0.0368. The van der Waals surface area contributed by atoms with E-state index in [0.29, 0.717) is 0 Å². The maximum atomic E-state index is 12.4. The van der Waals surface area contributed by atoms with E-state index < -0.39 is 10.0 Å². The van der Waals surface area contributed by atoms with E-state index >= 15 is 0 Å². The fraction of sp³-hybridized carbons (Fsp3) is 0.167. The monoisotopic (exact) mass is 313 g/mol. The molecule has 0 amide bonds. The van der Waals surface area contributed by atoms with Gasteiger partial charge in [-0.05, 0) is 24.6 Å². The van der Waals surface area contributed by atoms with Gasteiger partial charge in [0.25, 0.3) is 10.0 Å². The van der Waals surface area contributed by atoms with Crippen LogP contribution in [0.3, 0.4) is 0 Å². The Morgan fingerprint density at radius 2 is 2.00 bits per heavy atom. The quantitative estimate of drug-likeness (QED) is 0.876. The van der Waals surface area contributed by atoms with Gasteiger partial charge in [0, 0.05) is 6.07 Å². The molecule has 0 radical (unpaired) electrons. The molecule has 1 aromatic carbocycles. The summed E-state index contributed by atoms with van der Waals surface area (Å²) < 4.78 is 32.1. The summed E-state index contributed by atoms with van der Waals surface area (Å²) in [6.07, 6.45) is 1.17. The standard InChI is InChI=1S/C12H12ClN3O3S/c1-8-3-4-9(19-2)10(5-8)20(17,18)16-12-6-11(13)14-7-15-12/h3-7H,1-2H3,(H,14,15,16). The van der Waals surface area contributed by atoms with Gasteiger partial charge in [-0.25, -0.2) is 18.4 Å². The number of nitrogens with zero attached hydrogens (tertiary/aromatic N) is 2. The highest BCUT2D eigenvalue weighted by molar-refractivity contribution is 7.92. The molecule has 0 aliphatic carbocycles. The second kappa shape index (κ2) is 5.64. The van der Waals surface area contributed by atoms with Crippen molar-refractivity contribution in [1.82, 2.24) is 9.97 Å². The summed E-state index contributed by atoms with van der Waals surface area (Å²) in [4.78, 5) is 7.52. The Balaban J connectivity index is 2.43. The molecule has 0 spiro atoms. The highest BCUT2D eigenvalue weighted by atomic mass is 35.5. The third kappa shape index (κ3) is 3.17. The molecule has 106 valence electrons. The minimum Gasteiger partial charge on any atom is -0.495 e. The molecular weight excluding hydrogens is 302 g/mol. The van der Waals surface area contributed by atoms with Crippen molar-refractivity contribution in [3.8, 4) is 5.75 Å². The first-order chi connectivity index (χ1) is 9.42. The van der Waals surface area contributed by atoms with E-state index in [2.05, 4.69) is 14.7 Å². The number of ether oxygens (including phenoxy) is 1. The van der Waals surface area contributed by atoms with E-state index in [1.54, 1.807) is 19.1 Å². The van der Waals surface area contributed by atoms with E-state index in [4.69, 9.17) is 16.3 Å². The molecule has 0 atom stereocenters. The normalized spacial score (nSPS) is 11.2. The van der Waals surface area contributed by atoms with Crippen LogP contribution < -0.4 is 9.46 Å². The molecule has 1 heterocycles. The van der Waals surface area contributed by atoms with Crippen LogP contribution in [-0.4, -0.2) is 25.5 Å². The Labute approximate surface area is 121 Å². The van der Waals surface area contributed by atoms with Crippen molar-refractivity contribution in [2.24, 2.45) is 0 Å². The van der Waals surface area contributed by atoms with E-state index in [9.17, 15) is 8.42 Å². The molecule has 0 bridgehead atoms. The first kappa shape index (κ1) is 14.5. The summed E-state index contributed by atoms with van der Waals surface area (Å²) in [5.74, 6) is 0.344. The fourth-order valence-corrected chi connectivity index (χ4v) is 2.98. The first-order valence-electron chi connectivity index (χ1n) is 5.57. The SMILES string of the molecule is COc1ccc(C)cc1S(=O)(=O)Nc1cc(Cl)ncn1. The number of hydrogen-bond donors (Lipinski definition) is 1. The van der Waals surface area contributed by atoms with Gasteiger partial charge in [-0.1, -0.05) is 17.7 Å². The van der Waals surface area contributed by atoms with Crippen molar-refractivity contribution in [3.63, 3.8) is 0 Å². The maximum Gasteiger partial charge on any atom is 0.266 e. The topological polar surface area (TPSA) is 81.2 Å². The van der Waals surface area contributed by atoms with Crippen molar-refractivity contribution in [2.75, 3.05) is 11.8 Å². The predicted molar refractivity (Wildman–Crippen MR) is 75.6 cm³/mol. The van der Waals surface area contributed by atoms with E-state index in [1.165, 1.54) is 25.6 Å². The Morgan fingerprint density at radius 1 is 1.25 bits per heavy atom. The molecule has 0 saturated carbocycles. The van der Waals surface area contributed by atoms with Crippen molar-refractivity contribution in [3.05, 3.63) is 41.3 Å². The molecule has 8 heteroatoms. The molecular formula is C12H12ClN3O3S. The molecule has 0 saturated heterocycles. The number of benzene rings is 1. The number of rotatable bonds is 4. The van der Waals surface area contributed by atoms with Crippen molar-refractivity contribution < 1.29 is 13.2 Å². The smallest absolute Gasteiger partial charge is 0.266 e. The fourth-order valence-electron chi connectivity index (χ4n) is 1.58. The molecule has 6 nitrogen and oxygen atoms in total. The van der Waals surface area contributed by atoms with Crippen LogP contribution in [0.15, 0.2) is 35.5 Å². The first-order valence-corrected chi connectivity index (χ1v) is 7.43. The second-order valence-corrected chi connectivity index (χ2v) is 6.02. The van der Waals surface area contributed by atoms with Gasteiger partial charge in [0.1, 0.15) is 27.9 Å². The lowest BCUT2D eigenvalue weighted by atomic mass is 10.2. The Hall–Kier alpha value is -1.86. The van der Waals surface area contributed by atoms with E-state index in [0.717, 1.165) is 5.56 Å². The average Bonchev–Trinajstić information content (AvgIpc) is 2.38. The zero-order valence-electron chi connectivity index (χ0n) is 10.8. The van der Waals surface area contributed by atoms with Crippen LogP contribution in [0.25, 0.3) is 0 Å². The highest BCUT2D eigenvalue weighted by Crippen LogP contribution is 2.26. The van der Waals surface area contributed by atoms with Crippen molar-refractivity contribution in [1.29, 1.82) is 0 Å². The van der Waals surface area contributed by atoms with Crippen LogP contribution in [0, 0.1) is 6.92 Å². The number of aromatic nitrogens is 2. The van der Waals surface area contributed by atoms with Gasteiger partial charge in [-0.2, -0.15) is 0 Å². The largest absolute Gasteiger partial charge is 0.495 e. The number of aryl methyl sites for hydroxylation is 1. The Kier molecular flexibility index (Phi) is 4.10. The lowest BCUT2D eigenvalue weighted by Gasteiger charge is -2.11. The summed E-state index contributed by atoms with van der Waals surface area (Å²) in [5.41, 5.74) is 0.798. The van der Waals surface area contributed by atoms with Gasteiger partial charge in [0.15, 0.2) is 0 Å². The zero-order chi connectivity index (χ0) is 14.8. The predicted octanol–water partition coefficient (Wildman–Crippen LogP) is 2.25. The maximum absolute atomic E-state index is 12.4.